The zero-order valence-corrected chi connectivity index (χ0v) is 12.1. The maximum atomic E-state index is 13.1. The van der Waals surface area contributed by atoms with Crippen LogP contribution in [0.25, 0.3) is 0 Å². The van der Waals surface area contributed by atoms with Crippen molar-refractivity contribution in [3.05, 3.63) is 29.8 Å². The van der Waals surface area contributed by atoms with Crippen LogP contribution in [0.15, 0.2) is 24.3 Å². The van der Waals surface area contributed by atoms with Crippen LogP contribution < -0.4 is 4.18 Å². The van der Waals surface area contributed by atoms with Gasteiger partial charge in [-0.15, -0.1) is 0 Å². The second kappa shape index (κ2) is 5.68. The van der Waals surface area contributed by atoms with E-state index in [0.717, 1.165) is 12.1 Å². The molecule has 0 N–H and O–H groups in total. The van der Waals surface area contributed by atoms with Gasteiger partial charge in [0.2, 0.25) is 5.92 Å². The maximum Gasteiger partial charge on any atom is 0.534 e. The largest absolute Gasteiger partial charge is 0.534 e. The van der Waals surface area contributed by atoms with Crippen molar-refractivity contribution in [2.24, 2.45) is 0 Å². The molecule has 0 radical (unpaired) electrons. The normalized spacial score (nSPS) is 19.9. The molecule has 9 heteroatoms. The topological polar surface area (TPSA) is 43.4 Å². The van der Waals surface area contributed by atoms with E-state index >= 15 is 0 Å². The number of benzene rings is 1. The standard InChI is InChI=1S/C13H13F5O3S/c14-12(15)7-5-10(6-8-12)9-1-3-11(4-2-9)21-22(19,20)13(16,17)18/h1-4,10H,5-8H2. The smallest absolute Gasteiger partial charge is 0.376 e. The van der Waals surface area contributed by atoms with Crippen LogP contribution in [0.1, 0.15) is 37.2 Å². The molecular formula is C13H13F5O3S. The summed E-state index contributed by atoms with van der Waals surface area (Å²) < 4.78 is 88.3. The van der Waals surface area contributed by atoms with E-state index in [4.69, 9.17) is 0 Å². The molecule has 1 fully saturated rings. The minimum absolute atomic E-state index is 0.118. The molecule has 1 aromatic carbocycles. The summed E-state index contributed by atoms with van der Waals surface area (Å²) in [6.45, 7) is 0. The fourth-order valence-corrected chi connectivity index (χ4v) is 2.80. The third-order valence-electron chi connectivity index (χ3n) is 3.56. The molecule has 22 heavy (non-hydrogen) atoms. The third kappa shape index (κ3) is 3.88. The molecular weight excluding hydrogens is 331 g/mol. The van der Waals surface area contributed by atoms with Gasteiger partial charge in [0.05, 0.1) is 0 Å². The summed E-state index contributed by atoms with van der Waals surface area (Å²) in [6.07, 6.45) is 0.0683. The molecule has 0 bridgehead atoms. The summed E-state index contributed by atoms with van der Waals surface area (Å²) in [6, 6.07) is 4.97. The Morgan fingerprint density at radius 1 is 1.05 bits per heavy atom. The van der Waals surface area contributed by atoms with Crippen molar-refractivity contribution >= 4 is 10.1 Å². The van der Waals surface area contributed by atoms with Gasteiger partial charge < -0.3 is 4.18 Å². The van der Waals surface area contributed by atoms with E-state index in [1.165, 1.54) is 12.1 Å². The first-order chi connectivity index (χ1) is 10.0. The number of halogens is 5. The molecule has 0 aromatic heterocycles. The lowest BCUT2D eigenvalue weighted by atomic mass is 9.82. The lowest BCUT2D eigenvalue weighted by molar-refractivity contribution is -0.0500. The van der Waals surface area contributed by atoms with E-state index in [1.807, 2.05) is 0 Å². The number of hydrogen-bond donors (Lipinski definition) is 0. The molecule has 0 spiro atoms. The molecule has 1 aliphatic rings. The number of hydrogen-bond acceptors (Lipinski definition) is 3. The van der Waals surface area contributed by atoms with Gasteiger partial charge in [0.1, 0.15) is 5.75 Å². The predicted molar refractivity (Wildman–Crippen MR) is 68.2 cm³/mol. The molecule has 0 unspecified atom stereocenters. The van der Waals surface area contributed by atoms with Crippen LogP contribution in [0.3, 0.4) is 0 Å². The zero-order chi connectivity index (χ0) is 16.6. The molecule has 0 atom stereocenters. The first-order valence-corrected chi connectivity index (χ1v) is 7.90. The molecule has 1 aliphatic carbocycles. The van der Waals surface area contributed by atoms with E-state index in [0.29, 0.717) is 5.56 Å². The molecule has 1 aromatic rings. The van der Waals surface area contributed by atoms with Crippen molar-refractivity contribution in [1.29, 1.82) is 0 Å². The SMILES string of the molecule is O=S(=O)(Oc1ccc(C2CCC(F)(F)CC2)cc1)C(F)(F)F. The van der Waals surface area contributed by atoms with Gasteiger partial charge in [-0.3, -0.25) is 0 Å². The van der Waals surface area contributed by atoms with Gasteiger partial charge in [0.15, 0.2) is 0 Å². The number of alkyl halides is 5. The van der Waals surface area contributed by atoms with Crippen molar-refractivity contribution in [2.45, 2.75) is 43.0 Å². The third-order valence-corrected chi connectivity index (χ3v) is 4.54. The zero-order valence-electron chi connectivity index (χ0n) is 11.2. The van der Waals surface area contributed by atoms with E-state index < -0.39 is 27.3 Å². The first kappa shape index (κ1) is 17.0. The molecule has 0 heterocycles. The highest BCUT2D eigenvalue weighted by Gasteiger charge is 2.48. The quantitative estimate of drug-likeness (QED) is 0.469. The van der Waals surface area contributed by atoms with Crippen LogP contribution in [0.2, 0.25) is 0 Å². The van der Waals surface area contributed by atoms with Gasteiger partial charge in [0.25, 0.3) is 0 Å². The van der Waals surface area contributed by atoms with Crippen molar-refractivity contribution in [3.8, 4) is 5.75 Å². The van der Waals surface area contributed by atoms with Gasteiger partial charge in [-0.05, 0) is 36.5 Å². The fourth-order valence-electron chi connectivity index (χ4n) is 2.34. The molecule has 0 aliphatic heterocycles. The maximum absolute atomic E-state index is 13.1. The summed E-state index contributed by atoms with van der Waals surface area (Å²) in [7, 11) is -5.70. The average Bonchev–Trinajstić information content (AvgIpc) is 2.38. The predicted octanol–water partition coefficient (Wildman–Crippen LogP) is 4.21. The van der Waals surface area contributed by atoms with E-state index in [-0.39, 0.29) is 31.6 Å². The van der Waals surface area contributed by atoms with Gasteiger partial charge in [0, 0.05) is 12.8 Å². The Morgan fingerprint density at radius 3 is 2.00 bits per heavy atom. The van der Waals surface area contributed by atoms with Crippen molar-refractivity contribution in [2.75, 3.05) is 0 Å². The molecule has 3 nitrogen and oxygen atoms in total. The van der Waals surface area contributed by atoms with Crippen molar-refractivity contribution < 1.29 is 34.6 Å². The van der Waals surface area contributed by atoms with Gasteiger partial charge >= 0.3 is 15.6 Å². The van der Waals surface area contributed by atoms with Crippen LogP contribution >= 0.6 is 0 Å². The second-order valence-electron chi connectivity index (χ2n) is 5.18. The summed E-state index contributed by atoms with van der Waals surface area (Å²) in [4.78, 5) is 0. The highest BCUT2D eigenvalue weighted by molar-refractivity contribution is 7.87. The van der Waals surface area contributed by atoms with Crippen LogP contribution in [0, 0.1) is 0 Å². The summed E-state index contributed by atoms with van der Waals surface area (Å²) in [5, 5.41) is 0. The van der Waals surface area contributed by atoms with E-state index in [2.05, 4.69) is 4.18 Å². The lowest BCUT2D eigenvalue weighted by Crippen LogP contribution is -2.28. The lowest BCUT2D eigenvalue weighted by Gasteiger charge is -2.28. The van der Waals surface area contributed by atoms with E-state index in [9.17, 15) is 30.4 Å². The fraction of sp³-hybridized carbons (Fsp3) is 0.538. The molecule has 124 valence electrons. The average molecular weight is 344 g/mol. The van der Waals surface area contributed by atoms with Gasteiger partial charge in [-0.1, -0.05) is 12.1 Å². The Balaban J connectivity index is 2.06. The van der Waals surface area contributed by atoms with Crippen LogP contribution in [0.5, 0.6) is 5.75 Å². The summed E-state index contributed by atoms with van der Waals surface area (Å²) in [5.74, 6) is -3.25. The Morgan fingerprint density at radius 2 is 1.55 bits per heavy atom. The monoisotopic (exact) mass is 344 g/mol. The molecule has 0 saturated heterocycles. The van der Waals surface area contributed by atoms with Gasteiger partial charge in [-0.2, -0.15) is 21.6 Å². The van der Waals surface area contributed by atoms with Crippen molar-refractivity contribution in [1.82, 2.24) is 0 Å². The van der Waals surface area contributed by atoms with Crippen molar-refractivity contribution in [3.63, 3.8) is 0 Å². The van der Waals surface area contributed by atoms with Crippen LogP contribution in [-0.2, 0) is 10.1 Å². The Hall–Kier alpha value is -1.38. The van der Waals surface area contributed by atoms with Gasteiger partial charge in [-0.25, -0.2) is 8.78 Å². The highest BCUT2D eigenvalue weighted by Crippen LogP contribution is 2.41. The molecule has 1 saturated carbocycles. The first-order valence-electron chi connectivity index (χ1n) is 6.49. The Kier molecular flexibility index (Phi) is 4.38. The number of rotatable bonds is 3. The molecule has 2 rings (SSSR count). The minimum Gasteiger partial charge on any atom is -0.376 e. The highest BCUT2D eigenvalue weighted by atomic mass is 32.2. The molecule has 0 amide bonds. The van der Waals surface area contributed by atoms with Crippen LogP contribution in [0.4, 0.5) is 22.0 Å². The minimum atomic E-state index is -5.70. The van der Waals surface area contributed by atoms with E-state index in [1.54, 1.807) is 0 Å². The summed E-state index contributed by atoms with van der Waals surface area (Å²) in [5.41, 5.74) is -4.83. The second-order valence-corrected chi connectivity index (χ2v) is 6.72. The Bertz CT molecular complexity index is 612. The summed E-state index contributed by atoms with van der Waals surface area (Å²) >= 11 is 0. The van der Waals surface area contributed by atoms with Crippen LogP contribution in [-0.4, -0.2) is 19.8 Å². The Labute approximate surface area is 124 Å².